The monoisotopic (exact) mass is 280 g/mol. The largest absolute Gasteiger partial charge is 0.383 e. The molecule has 2 aromatic heterocycles. The molecule has 1 atom stereocenters. The van der Waals surface area contributed by atoms with Gasteiger partial charge < -0.3 is 15.0 Å². The van der Waals surface area contributed by atoms with Crippen LogP contribution < -0.4 is 10.2 Å². The molecule has 2 heterocycles. The fourth-order valence-corrected chi connectivity index (χ4v) is 2.67. The number of rotatable bonds is 6. The van der Waals surface area contributed by atoms with Gasteiger partial charge in [0.2, 0.25) is 5.95 Å². The fourth-order valence-electron chi connectivity index (χ4n) is 1.91. The van der Waals surface area contributed by atoms with E-state index in [1.54, 1.807) is 18.4 Å². The Morgan fingerprint density at radius 1 is 1.47 bits per heavy atom. The lowest BCUT2D eigenvalue weighted by molar-refractivity contribution is 0.183. The number of thiophene rings is 1. The standard InChI is InChI=1S/C13H20N4OS/c1-5-14-13-15-11(17(3)9(2)8-18-4)10-6-7-19-12(10)16-13/h6-7,9H,5,8H2,1-4H3,(H,14,15,16). The van der Waals surface area contributed by atoms with Gasteiger partial charge in [-0.3, -0.25) is 0 Å². The number of likely N-dealkylation sites (N-methyl/N-ethyl adjacent to an activating group) is 1. The molecule has 1 N–H and O–H groups in total. The van der Waals surface area contributed by atoms with Crippen LogP contribution in [0.15, 0.2) is 11.4 Å². The van der Waals surface area contributed by atoms with Gasteiger partial charge in [0.25, 0.3) is 0 Å². The predicted molar refractivity (Wildman–Crippen MR) is 81.3 cm³/mol. The summed E-state index contributed by atoms with van der Waals surface area (Å²) in [6.07, 6.45) is 0. The maximum Gasteiger partial charge on any atom is 0.226 e. The van der Waals surface area contributed by atoms with Crippen LogP contribution in [0.5, 0.6) is 0 Å². The zero-order chi connectivity index (χ0) is 13.8. The van der Waals surface area contributed by atoms with Gasteiger partial charge in [-0.15, -0.1) is 11.3 Å². The van der Waals surface area contributed by atoms with Crippen molar-refractivity contribution in [1.29, 1.82) is 0 Å². The van der Waals surface area contributed by atoms with Gasteiger partial charge in [0.05, 0.1) is 18.0 Å². The van der Waals surface area contributed by atoms with E-state index in [1.165, 1.54) is 0 Å². The van der Waals surface area contributed by atoms with Gasteiger partial charge in [-0.05, 0) is 25.3 Å². The van der Waals surface area contributed by atoms with E-state index in [4.69, 9.17) is 4.74 Å². The summed E-state index contributed by atoms with van der Waals surface area (Å²) in [6.45, 7) is 5.64. The number of methoxy groups -OCH3 is 1. The van der Waals surface area contributed by atoms with E-state index in [-0.39, 0.29) is 6.04 Å². The van der Waals surface area contributed by atoms with Gasteiger partial charge in [0.1, 0.15) is 10.6 Å². The molecule has 0 saturated heterocycles. The third-order valence-corrected chi connectivity index (χ3v) is 3.85. The summed E-state index contributed by atoms with van der Waals surface area (Å²) < 4.78 is 5.22. The number of hydrogen-bond donors (Lipinski definition) is 1. The number of anilines is 2. The molecule has 0 bridgehead atoms. The average molecular weight is 280 g/mol. The summed E-state index contributed by atoms with van der Waals surface area (Å²) in [6, 6.07) is 2.33. The van der Waals surface area contributed by atoms with Gasteiger partial charge in [-0.25, -0.2) is 4.98 Å². The molecule has 1 unspecified atom stereocenters. The molecule has 19 heavy (non-hydrogen) atoms. The summed E-state index contributed by atoms with van der Waals surface area (Å²) in [5.41, 5.74) is 0. The number of hydrogen-bond acceptors (Lipinski definition) is 6. The van der Waals surface area contributed by atoms with Crippen LogP contribution in [-0.4, -0.2) is 43.3 Å². The highest BCUT2D eigenvalue weighted by Gasteiger charge is 2.16. The topological polar surface area (TPSA) is 50.3 Å². The highest BCUT2D eigenvalue weighted by Crippen LogP contribution is 2.29. The van der Waals surface area contributed by atoms with E-state index in [0.29, 0.717) is 12.6 Å². The zero-order valence-corrected chi connectivity index (χ0v) is 12.6. The Balaban J connectivity index is 2.41. The van der Waals surface area contributed by atoms with Crippen molar-refractivity contribution in [2.45, 2.75) is 19.9 Å². The van der Waals surface area contributed by atoms with Gasteiger partial charge in [-0.1, -0.05) is 0 Å². The molecule has 0 aliphatic heterocycles. The lowest BCUT2D eigenvalue weighted by Gasteiger charge is -2.26. The van der Waals surface area contributed by atoms with Crippen molar-refractivity contribution in [2.75, 3.05) is 37.5 Å². The van der Waals surface area contributed by atoms with Crippen LogP contribution in [0.1, 0.15) is 13.8 Å². The smallest absolute Gasteiger partial charge is 0.226 e. The Hall–Kier alpha value is -1.40. The molecule has 0 aromatic carbocycles. The lowest BCUT2D eigenvalue weighted by Crippen LogP contribution is -2.33. The Morgan fingerprint density at radius 3 is 2.95 bits per heavy atom. The van der Waals surface area contributed by atoms with Crippen LogP contribution in [0.25, 0.3) is 10.2 Å². The highest BCUT2D eigenvalue weighted by molar-refractivity contribution is 7.16. The minimum atomic E-state index is 0.262. The average Bonchev–Trinajstić information content (AvgIpc) is 2.85. The van der Waals surface area contributed by atoms with Crippen LogP contribution in [0.2, 0.25) is 0 Å². The number of ether oxygens (including phenoxy) is 1. The molecule has 0 radical (unpaired) electrons. The van der Waals surface area contributed by atoms with Crippen LogP contribution >= 0.6 is 11.3 Å². The molecular weight excluding hydrogens is 260 g/mol. The Morgan fingerprint density at radius 2 is 2.26 bits per heavy atom. The molecule has 2 rings (SSSR count). The summed E-state index contributed by atoms with van der Waals surface area (Å²) in [4.78, 5) is 12.3. The normalized spacial score (nSPS) is 12.6. The maximum absolute atomic E-state index is 5.22. The molecule has 0 saturated carbocycles. The van der Waals surface area contributed by atoms with Crippen LogP contribution in [0, 0.1) is 0 Å². The molecule has 6 heteroatoms. The lowest BCUT2D eigenvalue weighted by atomic mass is 10.3. The van der Waals surface area contributed by atoms with Crippen LogP contribution in [0.4, 0.5) is 11.8 Å². The quantitative estimate of drug-likeness (QED) is 0.881. The zero-order valence-electron chi connectivity index (χ0n) is 11.8. The second-order valence-electron chi connectivity index (χ2n) is 4.46. The van der Waals surface area contributed by atoms with Crippen molar-refractivity contribution in [3.63, 3.8) is 0 Å². The number of nitrogens with one attached hydrogen (secondary N) is 1. The molecule has 0 aliphatic carbocycles. The third kappa shape index (κ3) is 2.96. The first-order valence-corrected chi connectivity index (χ1v) is 7.26. The van der Waals surface area contributed by atoms with E-state index < -0.39 is 0 Å². The van der Waals surface area contributed by atoms with Crippen molar-refractivity contribution in [3.8, 4) is 0 Å². The summed E-state index contributed by atoms with van der Waals surface area (Å²) in [7, 11) is 3.76. The molecule has 0 aliphatic rings. The van der Waals surface area contributed by atoms with E-state index >= 15 is 0 Å². The van der Waals surface area contributed by atoms with E-state index in [2.05, 4.69) is 33.2 Å². The van der Waals surface area contributed by atoms with E-state index in [0.717, 1.165) is 22.6 Å². The minimum Gasteiger partial charge on any atom is -0.383 e. The van der Waals surface area contributed by atoms with Crippen LogP contribution in [0.3, 0.4) is 0 Å². The number of nitrogens with zero attached hydrogens (tertiary/aromatic N) is 3. The first kappa shape index (κ1) is 14.0. The first-order valence-electron chi connectivity index (χ1n) is 6.38. The molecule has 104 valence electrons. The van der Waals surface area contributed by atoms with Gasteiger partial charge >= 0.3 is 0 Å². The Labute approximate surface area is 117 Å². The Kier molecular flexibility index (Phi) is 4.55. The van der Waals surface area contributed by atoms with Gasteiger partial charge in [0.15, 0.2) is 0 Å². The molecule has 5 nitrogen and oxygen atoms in total. The second kappa shape index (κ2) is 6.16. The van der Waals surface area contributed by atoms with Crippen LogP contribution in [-0.2, 0) is 4.74 Å². The minimum absolute atomic E-state index is 0.262. The molecule has 0 fully saturated rings. The molecule has 2 aromatic rings. The third-order valence-electron chi connectivity index (χ3n) is 3.04. The highest BCUT2D eigenvalue weighted by atomic mass is 32.1. The second-order valence-corrected chi connectivity index (χ2v) is 5.35. The van der Waals surface area contributed by atoms with Crippen molar-refractivity contribution >= 4 is 33.3 Å². The molecule has 0 amide bonds. The van der Waals surface area contributed by atoms with E-state index in [9.17, 15) is 0 Å². The van der Waals surface area contributed by atoms with E-state index in [1.807, 2.05) is 19.4 Å². The molecular formula is C13H20N4OS. The van der Waals surface area contributed by atoms with Crippen molar-refractivity contribution in [3.05, 3.63) is 11.4 Å². The number of aromatic nitrogens is 2. The summed E-state index contributed by atoms with van der Waals surface area (Å²) >= 11 is 1.63. The summed E-state index contributed by atoms with van der Waals surface area (Å²) in [5, 5.41) is 6.33. The van der Waals surface area contributed by atoms with Crippen molar-refractivity contribution < 1.29 is 4.74 Å². The number of fused-ring (bicyclic) bond motifs is 1. The predicted octanol–water partition coefficient (Wildman–Crippen LogP) is 2.59. The van der Waals surface area contributed by atoms with Gasteiger partial charge in [-0.2, -0.15) is 4.98 Å². The first-order chi connectivity index (χ1) is 9.17. The van der Waals surface area contributed by atoms with Gasteiger partial charge in [0, 0.05) is 20.7 Å². The SMILES string of the molecule is CCNc1nc(N(C)C(C)COC)c2ccsc2n1. The Bertz CT molecular complexity index is 542. The van der Waals surface area contributed by atoms with Crippen molar-refractivity contribution in [2.24, 2.45) is 0 Å². The fraction of sp³-hybridized carbons (Fsp3) is 0.538. The molecule has 0 spiro atoms. The van der Waals surface area contributed by atoms with Crippen molar-refractivity contribution in [1.82, 2.24) is 9.97 Å². The summed E-state index contributed by atoms with van der Waals surface area (Å²) in [5.74, 6) is 1.63. The maximum atomic E-state index is 5.22.